The molecule has 2 heterocycles. The van der Waals surface area contributed by atoms with Crippen LogP contribution in [-0.2, 0) is 5.41 Å². The second-order valence-electron chi connectivity index (χ2n) is 15.9. The standard InChI is InChI=1S/C58H35N3O/c1-59-42-28-24-37(25-29-42)43-31-32-44(46-19-9-8-18-45(43)46)40-27-33-56-52(34-40)58(50-22-12-13-23-55(50)62-56)49-21-11-10-20-47(49)48-30-26-41(35-51(48)58)57-60-53(38-14-4-2-5-15-38)36-54(61-57)39-16-6-3-7-17-39/h2-36H. The third-order valence-electron chi connectivity index (χ3n) is 12.6. The van der Waals surface area contributed by atoms with Gasteiger partial charge in [-0.05, 0) is 85.6 Å². The molecule has 0 saturated heterocycles. The molecule has 0 bridgehead atoms. The molecule has 288 valence electrons. The molecular formula is C58H35N3O. The van der Waals surface area contributed by atoms with Crippen molar-refractivity contribution in [3.63, 3.8) is 0 Å². The summed E-state index contributed by atoms with van der Waals surface area (Å²) in [4.78, 5) is 14.1. The number of benzene rings is 9. The van der Waals surface area contributed by atoms with Crippen LogP contribution in [0.5, 0.6) is 11.5 Å². The van der Waals surface area contributed by atoms with Gasteiger partial charge < -0.3 is 4.74 Å². The molecule has 4 heteroatoms. The van der Waals surface area contributed by atoms with Crippen LogP contribution in [0.25, 0.3) is 82.9 Å². The Labute approximate surface area is 359 Å². The van der Waals surface area contributed by atoms with Crippen molar-refractivity contribution in [2.45, 2.75) is 5.41 Å². The second kappa shape index (κ2) is 14.1. The van der Waals surface area contributed by atoms with Gasteiger partial charge >= 0.3 is 0 Å². The van der Waals surface area contributed by atoms with Crippen LogP contribution in [0, 0.1) is 6.57 Å². The van der Waals surface area contributed by atoms with Crippen molar-refractivity contribution in [2.75, 3.05) is 0 Å². The molecule has 0 radical (unpaired) electrons. The number of nitrogens with zero attached hydrogens (tertiary/aromatic N) is 3. The van der Waals surface area contributed by atoms with Crippen molar-refractivity contribution in [3.05, 3.63) is 246 Å². The summed E-state index contributed by atoms with van der Waals surface area (Å²) in [6.07, 6.45) is 0. The van der Waals surface area contributed by atoms with Gasteiger partial charge in [0.2, 0.25) is 0 Å². The molecule has 1 atom stereocenters. The van der Waals surface area contributed by atoms with E-state index < -0.39 is 5.41 Å². The number of rotatable bonds is 5. The first-order chi connectivity index (χ1) is 30.7. The maximum atomic E-state index is 7.46. The van der Waals surface area contributed by atoms with Crippen LogP contribution in [0.15, 0.2) is 212 Å². The highest BCUT2D eigenvalue weighted by atomic mass is 16.5. The number of hydrogen-bond acceptors (Lipinski definition) is 3. The molecule has 10 aromatic rings. The summed E-state index contributed by atoms with van der Waals surface area (Å²) >= 11 is 0. The molecule has 62 heavy (non-hydrogen) atoms. The first-order valence-electron chi connectivity index (χ1n) is 20.8. The second-order valence-corrected chi connectivity index (χ2v) is 15.9. The van der Waals surface area contributed by atoms with E-state index in [1.807, 2.05) is 36.4 Å². The van der Waals surface area contributed by atoms with E-state index in [1.54, 1.807) is 0 Å². The summed E-state index contributed by atoms with van der Waals surface area (Å²) in [5.74, 6) is 2.34. The molecular weight excluding hydrogens is 755 g/mol. The maximum Gasteiger partial charge on any atom is 0.187 e. The van der Waals surface area contributed by atoms with Crippen molar-refractivity contribution in [2.24, 2.45) is 0 Å². The van der Waals surface area contributed by atoms with E-state index in [2.05, 4.69) is 181 Å². The molecule has 12 rings (SSSR count). The molecule has 0 fully saturated rings. The predicted molar refractivity (Wildman–Crippen MR) is 250 cm³/mol. The summed E-state index contributed by atoms with van der Waals surface area (Å²) in [5, 5.41) is 2.31. The van der Waals surface area contributed by atoms with Gasteiger partial charge in [0.1, 0.15) is 11.5 Å². The van der Waals surface area contributed by atoms with E-state index in [1.165, 1.54) is 22.3 Å². The lowest BCUT2D eigenvalue weighted by molar-refractivity contribution is 0.436. The molecule has 0 amide bonds. The van der Waals surface area contributed by atoms with Crippen LogP contribution in [0.3, 0.4) is 0 Å². The minimum atomic E-state index is -0.707. The highest BCUT2D eigenvalue weighted by molar-refractivity contribution is 6.05. The fourth-order valence-corrected chi connectivity index (χ4v) is 9.82. The summed E-state index contributed by atoms with van der Waals surface area (Å²) in [5.41, 5.74) is 16.1. The number of fused-ring (bicyclic) bond motifs is 10. The number of para-hydroxylation sites is 1. The van der Waals surface area contributed by atoms with E-state index in [-0.39, 0.29) is 0 Å². The van der Waals surface area contributed by atoms with Crippen molar-refractivity contribution in [1.29, 1.82) is 0 Å². The maximum absolute atomic E-state index is 7.46. The Morgan fingerprint density at radius 2 is 0.887 bits per heavy atom. The van der Waals surface area contributed by atoms with Gasteiger partial charge in [-0.2, -0.15) is 0 Å². The third kappa shape index (κ3) is 5.46. The molecule has 1 aromatic heterocycles. The van der Waals surface area contributed by atoms with Gasteiger partial charge in [0, 0.05) is 27.8 Å². The van der Waals surface area contributed by atoms with E-state index in [0.29, 0.717) is 11.5 Å². The summed E-state index contributed by atoms with van der Waals surface area (Å²) in [6.45, 7) is 7.46. The molecule has 1 aliphatic carbocycles. The first kappa shape index (κ1) is 35.5. The molecule has 1 aliphatic heterocycles. The van der Waals surface area contributed by atoms with E-state index in [4.69, 9.17) is 21.3 Å². The quantitative estimate of drug-likeness (QED) is 0.163. The molecule has 1 spiro atoms. The highest BCUT2D eigenvalue weighted by Gasteiger charge is 2.51. The van der Waals surface area contributed by atoms with Crippen LogP contribution in [0.2, 0.25) is 0 Å². The fraction of sp³-hybridized carbons (Fsp3) is 0.0172. The van der Waals surface area contributed by atoms with Gasteiger partial charge in [-0.3, -0.25) is 0 Å². The van der Waals surface area contributed by atoms with Crippen molar-refractivity contribution >= 4 is 16.5 Å². The molecule has 0 saturated carbocycles. The fourth-order valence-electron chi connectivity index (χ4n) is 9.82. The lowest BCUT2D eigenvalue weighted by atomic mass is 9.65. The number of aromatic nitrogens is 2. The van der Waals surface area contributed by atoms with Gasteiger partial charge in [-0.25, -0.2) is 14.8 Å². The molecule has 4 nitrogen and oxygen atoms in total. The van der Waals surface area contributed by atoms with E-state index in [9.17, 15) is 0 Å². The topological polar surface area (TPSA) is 39.4 Å². The van der Waals surface area contributed by atoms with Crippen molar-refractivity contribution in [3.8, 4) is 78.8 Å². The van der Waals surface area contributed by atoms with Crippen molar-refractivity contribution < 1.29 is 4.74 Å². The van der Waals surface area contributed by atoms with Gasteiger partial charge in [0.25, 0.3) is 0 Å². The average molecular weight is 790 g/mol. The average Bonchev–Trinajstić information content (AvgIpc) is 3.64. The molecule has 0 N–H and O–H groups in total. The predicted octanol–water partition coefficient (Wildman–Crippen LogP) is 15.0. The van der Waals surface area contributed by atoms with Gasteiger partial charge in [0.05, 0.1) is 23.4 Å². The number of hydrogen-bond donors (Lipinski definition) is 0. The first-order valence-corrected chi connectivity index (χ1v) is 20.8. The minimum absolute atomic E-state index is 0.633. The molecule has 1 unspecified atom stereocenters. The Balaban J connectivity index is 1.09. The van der Waals surface area contributed by atoms with Crippen LogP contribution < -0.4 is 4.74 Å². The van der Waals surface area contributed by atoms with E-state index >= 15 is 0 Å². The van der Waals surface area contributed by atoms with Gasteiger partial charge in [-0.1, -0.05) is 182 Å². The zero-order valence-electron chi connectivity index (χ0n) is 33.5. The van der Waals surface area contributed by atoms with E-state index in [0.717, 1.165) is 83.7 Å². The minimum Gasteiger partial charge on any atom is -0.457 e. The Morgan fingerprint density at radius 3 is 1.58 bits per heavy atom. The lowest BCUT2D eigenvalue weighted by Crippen LogP contribution is -2.32. The monoisotopic (exact) mass is 789 g/mol. The Morgan fingerprint density at radius 1 is 0.371 bits per heavy atom. The normalized spacial score (nSPS) is 14.3. The molecule has 2 aliphatic rings. The van der Waals surface area contributed by atoms with Crippen LogP contribution in [0.4, 0.5) is 5.69 Å². The zero-order chi connectivity index (χ0) is 41.2. The van der Waals surface area contributed by atoms with Crippen LogP contribution in [-0.4, -0.2) is 9.97 Å². The Kier molecular flexibility index (Phi) is 8.10. The zero-order valence-corrected chi connectivity index (χ0v) is 33.5. The van der Waals surface area contributed by atoms with Gasteiger partial charge in [0.15, 0.2) is 11.5 Å². The Bertz CT molecular complexity index is 3390. The Hall–Kier alpha value is -8.39. The van der Waals surface area contributed by atoms with Crippen LogP contribution in [0.1, 0.15) is 22.3 Å². The summed E-state index contributed by atoms with van der Waals surface area (Å²) in [7, 11) is 0. The third-order valence-corrected chi connectivity index (χ3v) is 12.6. The summed E-state index contributed by atoms with van der Waals surface area (Å²) < 4.78 is 6.87. The highest BCUT2D eigenvalue weighted by Crippen LogP contribution is 2.63. The van der Waals surface area contributed by atoms with Crippen molar-refractivity contribution in [1.82, 2.24) is 9.97 Å². The largest absolute Gasteiger partial charge is 0.457 e. The van der Waals surface area contributed by atoms with Gasteiger partial charge in [-0.15, -0.1) is 0 Å². The number of ether oxygens (including phenoxy) is 1. The van der Waals surface area contributed by atoms with Crippen LogP contribution >= 0.6 is 0 Å². The lowest BCUT2D eigenvalue weighted by Gasteiger charge is -2.39. The summed E-state index contributed by atoms with van der Waals surface area (Å²) in [6, 6.07) is 74.5. The molecule has 9 aromatic carbocycles. The smallest absolute Gasteiger partial charge is 0.187 e. The SMILES string of the molecule is [C-]#[N+]c1ccc(-c2ccc(-c3ccc4c(c3)C3(c5ccccc5O4)c4ccccc4-c4ccc(-c5nc(-c6ccccc6)cc(-c6ccccc6)n5)cc43)c3ccccc23)cc1.